The SMILES string of the molecule is CCCCNC(=O)C(Cc1ccccc1)N(Cc1ccccc1C)C(=O)CCCN(c1ccccc1OC)S(C)(=O)=O. The normalized spacial score (nSPS) is 11.9. The Labute approximate surface area is 250 Å². The van der Waals surface area contributed by atoms with E-state index in [-0.39, 0.29) is 37.7 Å². The number of hydrogen-bond acceptors (Lipinski definition) is 5. The minimum absolute atomic E-state index is 0.0700. The number of amides is 2. The molecule has 3 aromatic rings. The minimum atomic E-state index is -3.64. The van der Waals surface area contributed by atoms with E-state index in [1.165, 1.54) is 11.4 Å². The van der Waals surface area contributed by atoms with Crippen molar-refractivity contribution in [3.05, 3.63) is 95.6 Å². The van der Waals surface area contributed by atoms with Gasteiger partial charge in [0.25, 0.3) is 0 Å². The molecular weight excluding hydrogens is 550 g/mol. The number of unbranched alkanes of at least 4 members (excludes halogenated alkanes) is 1. The number of ether oxygens (including phenoxy) is 1. The van der Waals surface area contributed by atoms with E-state index < -0.39 is 16.1 Å². The number of carbonyl (C=O) groups is 2. The van der Waals surface area contributed by atoms with Crippen LogP contribution in [0, 0.1) is 6.92 Å². The number of nitrogens with zero attached hydrogens (tertiary/aromatic N) is 2. The van der Waals surface area contributed by atoms with Gasteiger partial charge in [-0.3, -0.25) is 13.9 Å². The van der Waals surface area contributed by atoms with Gasteiger partial charge in [-0.2, -0.15) is 0 Å². The molecular formula is C33H43N3O5S. The summed E-state index contributed by atoms with van der Waals surface area (Å²) in [5.41, 5.74) is 3.36. The van der Waals surface area contributed by atoms with Crippen LogP contribution >= 0.6 is 0 Å². The molecule has 1 unspecified atom stereocenters. The van der Waals surface area contributed by atoms with Crippen molar-refractivity contribution in [3.8, 4) is 5.75 Å². The van der Waals surface area contributed by atoms with Crippen molar-refractivity contribution < 1.29 is 22.7 Å². The third-order valence-corrected chi connectivity index (χ3v) is 8.39. The predicted molar refractivity (Wildman–Crippen MR) is 168 cm³/mol. The summed E-state index contributed by atoms with van der Waals surface area (Å²) in [7, 11) is -2.15. The number of sulfonamides is 1. The Balaban J connectivity index is 1.89. The van der Waals surface area contributed by atoms with Crippen LogP contribution in [0.5, 0.6) is 5.75 Å². The highest BCUT2D eigenvalue weighted by Gasteiger charge is 2.31. The van der Waals surface area contributed by atoms with E-state index in [4.69, 9.17) is 4.74 Å². The molecule has 0 spiro atoms. The second kappa shape index (κ2) is 16.0. The number of aryl methyl sites for hydroxylation is 1. The molecule has 0 aliphatic rings. The molecule has 0 bridgehead atoms. The lowest BCUT2D eigenvalue weighted by Gasteiger charge is -2.32. The molecule has 0 aromatic heterocycles. The van der Waals surface area contributed by atoms with E-state index in [0.717, 1.165) is 35.8 Å². The lowest BCUT2D eigenvalue weighted by Crippen LogP contribution is -2.50. The fraction of sp³-hybridized carbons (Fsp3) is 0.394. The summed E-state index contributed by atoms with van der Waals surface area (Å²) < 4.78 is 32.1. The molecule has 2 amide bonds. The Morgan fingerprint density at radius 2 is 1.60 bits per heavy atom. The van der Waals surface area contributed by atoms with Crippen molar-refractivity contribution in [1.29, 1.82) is 0 Å². The maximum atomic E-state index is 14.0. The summed E-state index contributed by atoms with van der Waals surface area (Å²) in [5, 5.41) is 3.03. The molecule has 0 saturated heterocycles. The van der Waals surface area contributed by atoms with Gasteiger partial charge in [0.15, 0.2) is 0 Å². The van der Waals surface area contributed by atoms with Crippen molar-refractivity contribution >= 4 is 27.5 Å². The highest BCUT2D eigenvalue weighted by atomic mass is 32.2. The van der Waals surface area contributed by atoms with Crippen LogP contribution in [-0.2, 0) is 32.6 Å². The predicted octanol–water partition coefficient (Wildman–Crippen LogP) is 5.11. The molecule has 226 valence electrons. The van der Waals surface area contributed by atoms with Gasteiger partial charge >= 0.3 is 0 Å². The quantitative estimate of drug-likeness (QED) is 0.233. The number of para-hydroxylation sites is 2. The van der Waals surface area contributed by atoms with Gasteiger partial charge < -0.3 is 15.0 Å². The molecule has 3 rings (SSSR count). The molecule has 0 radical (unpaired) electrons. The van der Waals surface area contributed by atoms with E-state index in [9.17, 15) is 18.0 Å². The summed E-state index contributed by atoms with van der Waals surface area (Å²) in [6.07, 6.45) is 3.64. The van der Waals surface area contributed by atoms with Crippen molar-refractivity contribution in [3.63, 3.8) is 0 Å². The molecule has 0 saturated carbocycles. The zero-order valence-electron chi connectivity index (χ0n) is 25.1. The first-order chi connectivity index (χ1) is 20.2. The van der Waals surface area contributed by atoms with Gasteiger partial charge in [0.2, 0.25) is 21.8 Å². The smallest absolute Gasteiger partial charge is 0.243 e. The largest absolute Gasteiger partial charge is 0.495 e. The third kappa shape index (κ3) is 9.34. The fourth-order valence-electron chi connectivity index (χ4n) is 4.85. The van der Waals surface area contributed by atoms with E-state index >= 15 is 0 Å². The van der Waals surface area contributed by atoms with Crippen LogP contribution in [0.4, 0.5) is 5.69 Å². The standard InChI is InChI=1S/C33H43N3O5S/c1-5-6-22-34-33(38)30(24-27-16-8-7-9-17-27)35(25-28-18-11-10-15-26(28)2)32(37)21-14-23-36(42(4,39)40)29-19-12-13-20-31(29)41-3/h7-13,15-20,30H,5-6,14,21-25H2,1-4H3,(H,34,38). The van der Waals surface area contributed by atoms with E-state index in [2.05, 4.69) is 12.2 Å². The van der Waals surface area contributed by atoms with Gasteiger partial charge in [0.1, 0.15) is 11.8 Å². The number of benzene rings is 3. The topological polar surface area (TPSA) is 96.0 Å². The van der Waals surface area contributed by atoms with Crippen LogP contribution in [0.15, 0.2) is 78.9 Å². The number of anilines is 1. The number of carbonyl (C=O) groups excluding carboxylic acids is 2. The van der Waals surface area contributed by atoms with Gasteiger partial charge in [0.05, 0.1) is 19.1 Å². The Morgan fingerprint density at radius 1 is 0.929 bits per heavy atom. The van der Waals surface area contributed by atoms with E-state index in [0.29, 0.717) is 24.4 Å². The lowest BCUT2D eigenvalue weighted by atomic mass is 10.0. The maximum absolute atomic E-state index is 14.0. The Morgan fingerprint density at radius 3 is 2.26 bits per heavy atom. The van der Waals surface area contributed by atoms with Crippen molar-refractivity contribution in [2.24, 2.45) is 0 Å². The Kier molecular flexibility index (Phi) is 12.4. The summed E-state index contributed by atoms with van der Waals surface area (Å²) in [5.74, 6) is 0.0291. The highest BCUT2D eigenvalue weighted by molar-refractivity contribution is 7.92. The molecule has 0 aliphatic carbocycles. The van der Waals surface area contributed by atoms with Crippen LogP contribution in [0.1, 0.15) is 49.3 Å². The number of rotatable bonds is 16. The van der Waals surface area contributed by atoms with Crippen LogP contribution < -0.4 is 14.4 Å². The first-order valence-corrected chi connectivity index (χ1v) is 16.3. The molecule has 42 heavy (non-hydrogen) atoms. The molecule has 1 atom stereocenters. The first-order valence-electron chi connectivity index (χ1n) is 14.4. The second-order valence-corrected chi connectivity index (χ2v) is 12.3. The lowest BCUT2D eigenvalue weighted by molar-refractivity contribution is -0.141. The van der Waals surface area contributed by atoms with Crippen LogP contribution in [-0.4, -0.2) is 57.6 Å². The van der Waals surface area contributed by atoms with E-state index in [1.807, 2.05) is 61.5 Å². The molecule has 9 heteroatoms. The highest BCUT2D eigenvalue weighted by Crippen LogP contribution is 2.30. The summed E-state index contributed by atoms with van der Waals surface area (Å²) in [6.45, 7) is 4.95. The van der Waals surface area contributed by atoms with Crippen LogP contribution in [0.3, 0.4) is 0 Å². The summed E-state index contributed by atoms with van der Waals surface area (Å²) in [6, 6.07) is 23.7. The van der Waals surface area contributed by atoms with Crippen molar-refractivity contribution in [1.82, 2.24) is 10.2 Å². The Hall–Kier alpha value is -3.85. The minimum Gasteiger partial charge on any atom is -0.495 e. The average Bonchev–Trinajstić information content (AvgIpc) is 2.98. The van der Waals surface area contributed by atoms with Gasteiger partial charge in [-0.25, -0.2) is 8.42 Å². The van der Waals surface area contributed by atoms with E-state index in [1.54, 1.807) is 29.2 Å². The molecule has 0 fully saturated rings. The van der Waals surface area contributed by atoms with Gasteiger partial charge in [-0.1, -0.05) is 80.1 Å². The average molecular weight is 594 g/mol. The zero-order chi connectivity index (χ0) is 30.5. The monoisotopic (exact) mass is 593 g/mol. The molecule has 3 aromatic carbocycles. The summed E-state index contributed by atoms with van der Waals surface area (Å²) in [4.78, 5) is 29.2. The third-order valence-electron chi connectivity index (χ3n) is 7.21. The Bertz CT molecular complexity index is 1410. The van der Waals surface area contributed by atoms with Crippen molar-refractivity contribution in [2.45, 2.75) is 58.5 Å². The second-order valence-electron chi connectivity index (χ2n) is 10.4. The van der Waals surface area contributed by atoms with Gasteiger partial charge in [0, 0.05) is 32.5 Å². The number of hydrogen-bond donors (Lipinski definition) is 1. The summed E-state index contributed by atoms with van der Waals surface area (Å²) >= 11 is 0. The first kappa shape index (κ1) is 32.7. The number of methoxy groups -OCH3 is 1. The zero-order valence-corrected chi connectivity index (χ0v) is 25.9. The molecule has 0 heterocycles. The molecule has 0 aliphatic heterocycles. The molecule has 8 nitrogen and oxygen atoms in total. The fourth-order valence-corrected chi connectivity index (χ4v) is 5.82. The molecule has 1 N–H and O–H groups in total. The van der Waals surface area contributed by atoms with Crippen LogP contribution in [0.2, 0.25) is 0 Å². The maximum Gasteiger partial charge on any atom is 0.243 e. The number of nitrogens with one attached hydrogen (secondary N) is 1. The van der Waals surface area contributed by atoms with Gasteiger partial charge in [-0.05, 0) is 48.6 Å². The van der Waals surface area contributed by atoms with Crippen LogP contribution in [0.25, 0.3) is 0 Å². The van der Waals surface area contributed by atoms with Crippen molar-refractivity contribution in [2.75, 3.05) is 30.8 Å². The van der Waals surface area contributed by atoms with Gasteiger partial charge in [-0.15, -0.1) is 0 Å².